The van der Waals surface area contributed by atoms with E-state index in [-0.39, 0.29) is 6.61 Å². The van der Waals surface area contributed by atoms with E-state index in [1.165, 1.54) is 13.8 Å². The van der Waals surface area contributed by atoms with Crippen molar-refractivity contribution in [2.75, 3.05) is 6.61 Å². The van der Waals surface area contributed by atoms with Gasteiger partial charge in [-0.2, -0.15) is 21.6 Å². The first-order valence-corrected chi connectivity index (χ1v) is 9.40. The summed E-state index contributed by atoms with van der Waals surface area (Å²) >= 11 is 0. The molecule has 9 nitrogen and oxygen atoms in total. The number of esters is 1. The van der Waals surface area contributed by atoms with E-state index in [0.29, 0.717) is 0 Å². The van der Waals surface area contributed by atoms with Gasteiger partial charge in [-0.1, -0.05) is 0 Å². The Kier molecular flexibility index (Phi) is 4.80. The SMILES string of the molecule is CC1(C)O[C@H]2[C@@H]([C@@H]3COC(C)(C)O3)OC(=O)[C@H](OS(=O)(=O)C(F)(F)F)[C@H]2O1. The molecule has 0 aliphatic carbocycles. The first-order valence-electron chi connectivity index (χ1n) is 7.99. The van der Waals surface area contributed by atoms with Gasteiger partial charge < -0.3 is 23.7 Å². The first kappa shape index (κ1) is 20.7. The molecule has 0 aromatic carbocycles. The summed E-state index contributed by atoms with van der Waals surface area (Å²) in [6.45, 7) is 6.21. The van der Waals surface area contributed by atoms with Crippen LogP contribution in [0.5, 0.6) is 0 Å². The Morgan fingerprint density at radius 2 is 1.59 bits per heavy atom. The highest BCUT2D eigenvalue weighted by molar-refractivity contribution is 7.87. The second-order valence-corrected chi connectivity index (χ2v) is 8.81. The molecule has 0 aromatic rings. The highest BCUT2D eigenvalue weighted by Gasteiger charge is 2.62. The Morgan fingerprint density at radius 1 is 1.00 bits per heavy atom. The van der Waals surface area contributed by atoms with E-state index in [1.807, 2.05) is 0 Å². The number of hydrogen-bond donors (Lipinski definition) is 0. The highest BCUT2D eigenvalue weighted by Crippen LogP contribution is 2.41. The highest BCUT2D eigenvalue weighted by atomic mass is 32.2. The van der Waals surface area contributed by atoms with Crippen LogP contribution in [0, 0.1) is 0 Å². The predicted octanol–water partition coefficient (Wildman–Crippen LogP) is 0.818. The number of carbonyl (C=O) groups excluding carboxylic acids is 1. The van der Waals surface area contributed by atoms with Crippen LogP contribution in [0.15, 0.2) is 0 Å². The molecule has 5 atom stereocenters. The molecular formula is C14H19F3O9S. The van der Waals surface area contributed by atoms with Crippen molar-refractivity contribution in [3.05, 3.63) is 0 Å². The van der Waals surface area contributed by atoms with Crippen molar-refractivity contribution in [2.45, 2.75) is 75.3 Å². The van der Waals surface area contributed by atoms with Gasteiger partial charge in [0.1, 0.15) is 18.3 Å². The molecule has 3 heterocycles. The third kappa shape index (κ3) is 3.93. The molecule has 27 heavy (non-hydrogen) atoms. The predicted molar refractivity (Wildman–Crippen MR) is 78.5 cm³/mol. The minimum Gasteiger partial charge on any atom is -0.455 e. The number of halogens is 3. The Morgan fingerprint density at radius 3 is 2.11 bits per heavy atom. The Balaban J connectivity index is 1.87. The number of carbonyl (C=O) groups is 1. The van der Waals surface area contributed by atoms with Crippen LogP contribution in [-0.2, 0) is 42.8 Å². The molecule has 3 fully saturated rings. The van der Waals surface area contributed by atoms with Crippen molar-refractivity contribution in [1.29, 1.82) is 0 Å². The first-order chi connectivity index (χ1) is 12.1. The van der Waals surface area contributed by atoms with E-state index in [1.54, 1.807) is 13.8 Å². The number of alkyl halides is 3. The molecule has 3 aliphatic rings. The Labute approximate surface area is 153 Å². The van der Waals surface area contributed by atoms with Gasteiger partial charge in [0.2, 0.25) is 6.10 Å². The summed E-state index contributed by atoms with van der Waals surface area (Å²) in [6.07, 6.45) is -6.60. The van der Waals surface area contributed by atoms with Crippen LogP contribution >= 0.6 is 0 Å². The second-order valence-electron chi connectivity index (χ2n) is 7.25. The van der Waals surface area contributed by atoms with Crippen molar-refractivity contribution < 1.29 is 54.3 Å². The van der Waals surface area contributed by atoms with Crippen molar-refractivity contribution in [2.24, 2.45) is 0 Å². The molecule has 0 N–H and O–H groups in total. The third-order valence-electron chi connectivity index (χ3n) is 4.18. The average Bonchev–Trinajstić information content (AvgIpc) is 2.99. The van der Waals surface area contributed by atoms with Crippen LogP contribution in [0.25, 0.3) is 0 Å². The fourth-order valence-electron chi connectivity index (χ4n) is 3.16. The minimum atomic E-state index is -6.05. The molecule has 0 spiro atoms. The van der Waals surface area contributed by atoms with E-state index in [9.17, 15) is 26.4 Å². The lowest BCUT2D eigenvalue weighted by Crippen LogP contribution is -2.59. The van der Waals surface area contributed by atoms with Gasteiger partial charge in [-0.15, -0.1) is 0 Å². The molecule has 3 rings (SSSR count). The summed E-state index contributed by atoms with van der Waals surface area (Å²) in [5.41, 5.74) is -5.71. The summed E-state index contributed by atoms with van der Waals surface area (Å²) < 4.78 is 92.0. The maximum absolute atomic E-state index is 12.6. The van der Waals surface area contributed by atoms with Crippen LogP contribution in [0.2, 0.25) is 0 Å². The van der Waals surface area contributed by atoms with Crippen LogP contribution in [-0.4, -0.2) is 68.6 Å². The molecule has 0 aromatic heterocycles. The number of fused-ring (bicyclic) bond motifs is 1. The zero-order chi connectivity index (χ0) is 20.4. The monoisotopic (exact) mass is 420 g/mol. The molecule has 3 saturated heterocycles. The topological polar surface area (TPSA) is 107 Å². The van der Waals surface area contributed by atoms with Crippen LogP contribution in [0.4, 0.5) is 13.2 Å². The lowest BCUT2D eigenvalue weighted by atomic mass is 9.96. The van der Waals surface area contributed by atoms with Gasteiger partial charge in [0.25, 0.3) is 0 Å². The summed E-state index contributed by atoms with van der Waals surface area (Å²) in [5, 5.41) is 0. The van der Waals surface area contributed by atoms with Crippen LogP contribution in [0.1, 0.15) is 27.7 Å². The van der Waals surface area contributed by atoms with Crippen molar-refractivity contribution >= 4 is 16.1 Å². The second kappa shape index (κ2) is 6.26. The molecule has 0 unspecified atom stereocenters. The van der Waals surface area contributed by atoms with Crippen molar-refractivity contribution in [1.82, 2.24) is 0 Å². The zero-order valence-electron chi connectivity index (χ0n) is 14.8. The summed E-state index contributed by atoms with van der Waals surface area (Å²) in [5.74, 6) is -3.61. The molecule has 0 saturated carbocycles. The van der Waals surface area contributed by atoms with Gasteiger partial charge in [0, 0.05) is 0 Å². The average molecular weight is 420 g/mol. The molecule has 3 aliphatic heterocycles. The van der Waals surface area contributed by atoms with Gasteiger partial charge in [0.05, 0.1) is 6.61 Å². The normalized spacial score (nSPS) is 38.5. The fourth-order valence-corrected chi connectivity index (χ4v) is 3.73. The molecule has 13 heteroatoms. The van der Waals surface area contributed by atoms with E-state index < -0.39 is 63.7 Å². The zero-order valence-corrected chi connectivity index (χ0v) is 15.6. The Hall–Kier alpha value is -0.990. The van der Waals surface area contributed by atoms with Crippen LogP contribution in [0.3, 0.4) is 0 Å². The third-order valence-corrected chi connectivity index (χ3v) is 5.21. The van der Waals surface area contributed by atoms with Gasteiger partial charge >= 0.3 is 21.6 Å². The molecule has 0 radical (unpaired) electrons. The fraction of sp³-hybridized carbons (Fsp3) is 0.929. The van der Waals surface area contributed by atoms with Crippen LogP contribution < -0.4 is 0 Å². The largest absolute Gasteiger partial charge is 0.523 e. The van der Waals surface area contributed by atoms with Gasteiger partial charge in [-0.05, 0) is 27.7 Å². The lowest BCUT2D eigenvalue weighted by molar-refractivity contribution is -0.207. The minimum absolute atomic E-state index is 0.0321. The summed E-state index contributed by atoms with van der Waals surface area (Å²) in [7, 11) is -6.05. The Bertz CT molecular complexity index is 718. The maximum atomic E-state index is 12.6. The molecule has 156 valence electrons. The van der Waals surface area contributed by atoms with E-state index >= 15 is 0 Å². The summed E-state index contributed by atoms with van der Waals surface area (Å²) in [4.78, 5) is 12.3. The van der Waals surface area contributed by atoms with Crippen molar-refractivity contribution in [3.63, 3.8) is 0 Å². The van der Waals surface area contributed by atoms with Gasteiger partial charge in [0.15, 0.2) is 17.7 Å². The lowest BCUT2D eigenvalue weighted by Gasteiger charge is -2.37. The van der Waals surface area contributed by atoms with E-state index in [4.69, 9.17) is 23.7 Å². The summed E-state index contributed by atoms with van der Waals surface area (Å²) in [6, 6.07) is 0. The standard InChI is InChI=1S/C14H19F3O9S/c1-12(2)21-5-6(23-12)7-8-9(25-13(3,4)24-8)10(11(18)22-7)26-27(19,20)14(15,16)17/h6-10H,5H2,1-4H3/t6-,7+,8-,9-,10+/m0/s1. The molecular weight excluding hydrogens is 401 g/mol. The van der Waals surface area contributed by atoms with E-state index in [2.05, 4.69) is 4.18 Å². The van der Waals surface area contributed by atoms with E-state index in [0.717, 1.165) is 0 Å². The smallest absolute Gasteiger partial charge is 0.455 e. The quantitative estimate of drug-likeness (QED) is 0.373. The van der Waals surface area contributed by atoms with Crippen molar-refractivity contribution in [3.8, 4) is 0 Å². The number of hydrogen-bond acceptors (Lipinski definition) is 9. The number of ether oxygens (including phenoxy) is 5. The molecule has 0 bridgehead atoms. The number of cyclic esters (lactones) is 1. The molecule has 0 amide bonds. The van der Waals surface area contributed by atoms with Gasteiger partial charge in [-0.25, -0.2) is 8.98 Å². The number of rotatable bonds is 3. The van der Waals surface area contributed by atoms with Gasteiger partial charge in [-0.3, -0.25) is 0 Å². The maximum Gasteiger partial charge on any atom is 0.523 e.